The summed E-state index contributed by atoms with van der Waals surface area (Å²) >= 11 is 0. The van der Waals surface area contributed by atoms with Crippen LogP contribution in [0.2, 0.25) is 0 Å². The van der Waals surface area contributed by atoms with E-state index in [-0.39, 0.29) is 5.54 Å². The van der Waals surface area contributed by atoms with Crippen molar-refractivity contribution in [1.29, 1.82) is 0 Å². The Bertz CT molecular complexity index is 492. The van der Waals surface area contributed by atoms with E-state index in [0.29, 0.717) is 5.92 Å². The molecule has 0 bridgehead atoms. The summed E-state index contributed by atoms with van der Waals surface area (Å²) in [7, 11) is 2.16. The van der Waals surface area contributed by atoms with Crippen molar-refractivity contribution < 1.29 is 5.21 Å². The van der Waals surface area contributed by atoms with Gasteiger partial charge in [0.05, 0.1) is 6.21 Å². The molecule has 98 valence electrons. The van der Waals surface area contributed by atoms with Gasteiger partial charge in [-0.2, -0.15) is 0 Å². The van der Waals surface area contributed by atoms with Crippen LogP contribution in [0.5, 0.6) is 0 Å². The van der Waals surface area contributed by atoms with Gasteiger partial charge in [0.2, 0.25) is 0 Å². The van der Waals surface area contributed by atoms with Crippen molar-refractivity contribution in [2.75, 3.05) is 11.9 Å². The Morgan fingerprint density at radius 2 is 2.11 bits per heavy atom. The number of nitrogens with zero attached hydrogens (tertiary/aromatic N) is 2. The van der Waals surface area contributed by atoms with Gasteiger partial charge in [0.25, 0.3) is 0 Å². The van der Waals surface area contributed by atoms with Gasteiger partial charge < -0.3 is 10.1 Å². The monoisotopic (exact) mass is 246 g/mol. The highest BCUT2D eigenvalue weighted by atomic mass is 16.4. The van der Waals surface area contributed by atoms with Crippen LogP contribution in [0.15, 0.2) is 17.3 Å². The molecule has 1 aromatic rings. The van der Waals surface area contributed by atoms with E-state index in [2.05, 4.69) is 56.9 Å². The Balaban J connectivity index is 2.58. The molecule has 0 aliphatic carbocycles. The SMILES string of the molecule is Cc1cc2c(cc1/C=N\O)[C@@H](C)CC(C)(C)N2C. The maximum atomic E-state index is 8.71. The second-order valence-corrected chi connectivity index (χ2v) is 5.99. The first kappa shape index (κ1) is 12.9. The van der Waals surface area contributed by atoms with Gasteiger partial charge in [-0.3, -0.25) is 0 Å². The number of fused-ring (bicyclic) bond motifs is 1. The molecular formula is C15H22N2O. The molecule has 1 aliphatic rings. The van der Waals surface area contributed by atoms with E-state index >= 15 is 0 Å². The number of aryl methyl sites for hydroxylation is 1. The van der Waals surface area contributed by atoms with Gasteiger partial charge in [-0.05, 0) is 61.9 Å². The molecule has 3 heteroatoms. The van der Waals surface area contributed by atoms with E-state index in [1.165, 1.54) is 17.5 Å². The Morgan fingerprint density at radius 1 is 1.44 bits per heavy atom. The molecule has 18 heavy (non-hydrogen) atoms. The smallest absolute Gasteiger partial charge is 0.0736 e. The van der Waals surface area contributed by atoms with Gasteiger partial charge in [0, 0.05) is 18.3 Å². The average molecular weight is 246 g/mol. The normalized spacial score (nSPS) is 22.3. The second-order valence-electron chi connectivity index (χ2n) is 5.99. The van der Waals surface area contributed by atoms with Crippen LogP contribution in [0.3, 0.4) is 0 Å². The number of anilines is 1. The van der Waals surface area contributed by atoms with Gasteiger partial charge in [0.1, 0.15) is 0 Å². The minimum Gasteiger partial charge on any atom is -0.411 e. The van der Waals surface area contributed by atoms with E-state index < -0.39 is 0 Å². The van der Waals surface area contributed by atoms with Crippen LogP contribution in [0, 0.1) is 6.92 Å². The lowest BCUT2D eigenvalue weighted by Crippen LogP contribution is -2.45. The molecule has 1 aromatic carbocycles. The summed E-state index contributed by atoms with van der Waals surface area (Å²) in [5, 5.41) is 11.9. The molecule has 0 saturated heterocycles. The van der Waals surface area contributed by atoms with Crippen molar-refractivity contribution in [3.63, 3.8) is 0 Å². The highest BCUT2D eigenvalue weighted by molar-refractivity contribution is 5.83. The Labute approximate surface area is 109 Å². The lowest BCUT2D eigenvalue weighted by atomic mass is 9.79. The maximum Gasteiger partial charge on any atom is 0.0736 e. The van der Waals surface area contributed by atoms with Gasteiger partial charge in [-0.15, -0.1) is 0 Å². The fourth-order valence-electron chi connectivity index (χ4n) is 2.94. The van der Waals surface area contributed by atoms with Crippen LogP contribution in [-0.4, -0.2) is 24.0 Å². The summed E-state index contributed by atoms with van der Waals surface area (Å²) in [5.74, 6) is 0.526. The van der Waals surface area contributed by atoms with Gasteiger partial charge in [-0.25, -0.2) is 0 Å². The van der Waals surface area contributed by atoms with Crippen LogP contribution in [0.1, 0.15) is 49.8 Å². The molecule has 0 radical (unpaired) electrons. The Hall–Kier alpha value is -1.51. The number of hydrogen-bond donors (Lipinski definition) is 1. The summed E-state index contributed by atoms with van der Waals surface area (Å²) in [6.45, 7) is 8.88. The Morgan fingerprint density at radius 3 is 2.72 bits per heavy atom. The summed E-state index contributed by atoms with van der Waals surface area (Å²) in [6.07, 6.45) is 2.65. The van der Waals surface area contributed by atoms with Crippen molar-refractivity contribution in [3.05, 3.63) is 28.8 Å². The highest BCUT2D eigenvalue weighted by Gasteiger charge is 2.34. The van der Waals surface area contributed by atoms with Gasteiger partial charge in [-0.1, -0.05) is 12.1 Å². The zero-order chi connectivity index (χ0) is 13.5. The van der Waals surface area contributed by atoms with Crippen molar-refractivity contribution >= 4 is 11.9 Å². The standard InChI is InChI=1S/C15H22N2O/c1-10-6-14-13(7-12(10)9-16-18)11(2)8-15(3,4)17(14)5/h6-7,9,11,18H,8H2,1-5H3/b16-9-/t11-/m0/s1. The first-order chi connectivity index (χ1) is 8.36. The molecule has 1 N–H and O–H groups in total. The topological polar surface area (TPSA) is 35.8 Å². The number of benzene rings is 1. The predicted molar refractivity (Wildman–Crippen MR) is 76.1 cm³/mol. The summed E-state index contributed by atoms with van der Waals surface area (Å²) < 4.78 is 0. The second kappa shape index (κ2) is 4.30. The molecule has 1 atom stereocenters. The van der Waals surface area contributed by atoms with E-state index in [1.54, 1.807) is 0 Å². The van der Waals surface area contributed by atoms with Crippen LogP contribution in [0.25, 0.3) is 0 Å². The molecule has 0 unspecified atom stereocenters. The van der Waals surface area contributed by atoms with Gasteiger partial charge >= 0.3 is 0 Å². The molecule has 0 aromatic heterocycles. The molecule has 0 amide bonds. The van der Waals surface area contributed by atoms with E-state index in [9.17, 15) is 0 Å². The van der Waals surface area contributed by atoms with Crippen LogP contribution in [0.4, 0.5) is 5.69 Å². The zero-order valence-corrected chi connectivity index (χ0v) is 11.9. The number of rotatable bonds is 1. The Kier molecular flexibility index (Phi) is 3.09. The lowest BCUT2D eigenvalue weighted by Gasteiger charge is -2.45. The molecule has 0 spiro atoms. The minimum atomic E-state index is 0.186. The van der Waals surface area contributed by atoms with Crippen LogP contribution in [-0.2, 0) is 0 Å². The lowest BCUT2D eigenvalue weighted by molar-refractivity contribution is 0.322. The number of hydrogen-bond acceptors (Lipinski definition) is 3. The van der Waals surface area contributed by atoms with Gasteiger partial charge in [0.15, 0.2) is 0 Å². The van der Waals surface area contributed by atoms with Crippen LogP contribution >= 0.6 is 0 Å². The zero-order valence-electron chi connectivity index (χ0n) is 11.9. The van der Waals surface area contributed by atoms with Crippen LogP contribution < -0.4 is 4.90 Å². The first-order valence-electron chi connectivity index (χ1n) is 6.42. The van der Waals surface area contributed by atoms with E-state index in [1.807, 2.05) is 0 Å². The number of oxime groups is 1. The van der Waals surface area contributed by atoms with Crippen molar-refractivity contribution in [2.45, 2.75) is 45.6 Å². The third-order valence-electron chi connectivity index (χ3n) is 4.22. The summed E-state index contributed by atoms with van der Waals surface area (Å²) in [6, 6.07) is 4.35. The van der Waals surface area contributed by atoms with Crippen molar-refractivity contribution in [1.82, 2.24) is 0 Å². The van der Waals surface area contributed by atoms with E-state index in [0.717, 1.165) is 17.5 Å². The fourth-order valence-corrected chi connectivity index (χ4v) is 2.94. The summed E-state index contributed by atoms with van der Waals surface area (Å²) in [4.78, 5) is 2.36. The first-order valence-corrected chi connectivity index (χ1v) is 6.42. The average Bonchev–Trinajstić information content (AvgIpc) is 2.28. The largest absolute Gasteiger partial charge is 0.411 e. The molecule has 3 nitrogen and oxygen atoms in total. The predicted octanol–water partition coefficient (Wildman–Crippen LogP) is 3.53. The molecule has 2 rings (SSSR count). The third kappa shape index (κ3) is 1.98. The molecule has 0 saturated carbocycles. The minimum absolute atomic E-state index is 0.186. The third-order valence-corrected chi connectivity index (χ3v) is 4.22. The van der Waals surface area contributed by atoms with Crippen molar-refractivity contribution in [3.8, 4) is 0 Å². The fraction of sp³-hybridized carbons (Fsp3) is 0.533. The highest BCUT2D eigenvalue weighted by Crippen LogP contribution is 2.43. The van der Waals surface area contributed by atoms with E-state index in [4.69, 9.17) is 5.21 Å². The molecular weight excluding hydrogens is 224 g/mol. The molecule has 0 fully saturated rings. The maximum absolute atomic E-state index is 8.71. The summed E-state index contributed by atoms with van der Waals surface area (Å²) in [5.41, 5.74) is 4.97. The van der Waals surface area contributed by atoms with Crippen molar-refractivity contribution in [2.24, 2.45) is 5.16 Å². The molecule has 1 aliphatic heterocycles. The molecule has 1 heterocycles. The quantitative estimate of drug-likeness (QED) is 0.467.